The number of sulfone groups is 1. The van der Waals surface area contributed by atoms with Crippen molar-refractivity contribution in [3.05, 3.63) is 80.1 Å². The fourth-order valence-electron chi connectivity index (χ4n) is 6.35. The molecule has 0 saturated carbocycles. The number of halogens is 2. The van der Waals surface area contributed by atoms with Crippen LogP contribution in [0.5, 0.6) is 0 Å². The number of anilines is 1. The van der Waals surface area contributed by atoms with Gasteiger partial charge in [0.25, 0.3) is 11.8 Å². The Balaban J connectivity index is 1.28. The third-order valence-electron chi connectivity index (χ3n) is 8.72. The predicted molar refractivity (Wildman–Crippen MR) is 172 cm³/mol. The topological polar surface area (TPSA) is 112 Å². The summed E-state index contributed by atoms with van der Waals surface area (Å²) < 4.78 is 32.3. The van der Waals surface area contributed by atoms with Crippen molar-refractivity contribution in [2.75, 3.05) is 44.7 Å². The van der Waals surface area contributed by atoms with Gasteiger partial charge in [-0.05, 0) is 68.7 Å². The number of fused-ring (bicyclic) bond motifs is 1. The third kappa shape index (κ3) is 5.93. The molecule has 0 spiro atoms. The van der Waals surface area contributed by atoms with Gasteiger partial charge in [-0.3, -0.25) is 14.5 Å². The standard InChI is InChI=1S/C32H34Cl2N4O5S/c1-19-29(35-20(2)30(19)32(40)38-10-4-5-21(38)17-37-11-13-43-14-12-37)16-24-23-15-22(8-9-28(23)36-31(24)39)44(41,42)18-25-26(33)6-3-7-27(25)34/h3,6-9,15-16,21,35H,4-5,10-14,17-18H2,1-2H3,(H,36,39)/b24-16-/t21-/m0/s1. The maximum atomic E-state index is 13.9. The van der Waals surface area contributed by atoms with Crippen molar-refractivity contribution < 1.29 is 22.7 Å². The van der Waals surface area contributed by atoms with Crippen molar-refractivity contribution in [1.29, 1.82) is 0 Å². The number of hydrogen-bond donors (Lipinski definition) is 2. The molecular formula is C32H34Cl2N4O5S. The number of likely N-dealkylation sites (tertiary alicyclic amines) is 1. The molecule has 0 aliphatic carbocycles. The summed E-state index contributed by atoms with van der Waals surface area (Å²) >= 11 is 12.5. The normalized spacial score (nSPS) is 19.9. The first-order valence-electron chi connectivity index (χ1n) is 14.7. The summed E-state index contributed by atoms with van der Waals surface area (Å²) in [6.45, 7) is 8.46. The number of benzene rings is 2. The second kappa shape index (κ2) is 12.3. The van der Waals surface area contributed by atoms with E-state index in [-0.39, 0.29) is 38.5 Å². The summed E-state index contributed by atoms with van der Waals surface area (Å²) in [4.78, 5) is 34.7. The van der Waals surface area contributed by atoms with Gasteiger partial charge in [-0.15, -0.1) is 0 Å². The van der Waals surface area contributed by atoms with Crippen molar-refractivity contribution in [3.8, 4) is 0 Å². The summed E-state index contributed by atoms with van der Waals surface area (Å²) in [5.74, 6) is -0.748. The van der Waals surface area contributed by atoms with Gasteiger partial charge in [0.2, 0.25) is 0 Å². The summed E-state index contributed by atoms with van der Waals surface area (Å²) in [6.07, 6.45) is 3.62. The number of amides is 2. The molecule has 6 rings (SSSR count). The summed E-state index contributed by atoms with van der Waals surface area (Å²) in [7, 11) is -3.84. The van der Waals surface area contributed by atoms with Crippen LogP contribution in [0.2, 0.25) is 10.0 Å². The van der Waals surface area contributed by atoms with E-state index in [1.54, 1.807) is 30.3 Å². The molecule has 2 saturated heterocycles. The minimum absolute atomic E-state index is 0.0143. The number of carbonyl (C=O) groups is 2. The number of H-pyrrole nitrogens is 1. The number of aromatic nitrogens is 1. The Morgan fingerprint density at radius 2 is 1.82 bits per heavy atom. The van der Waals surface area contributed by atoms with E-state index in [0.29, 0.717) is 53.4 Å². The van der Waals surface area contributed by atoms with Crippen LogP contribution in [0.1, 0.15) is 51.3 Å². The van der Waals surface area contributed by atoms with E-state index in [1.165, 1.54) is 12.1 Å². The number of aryl methyl sites for hydroxylation is 1. The van der Waals surface area contributed by atoms with E-state index < -0.39 is 9.84 Å². The Morgan fingerprint density at radius 1 is 1.09 bits per heavy atom. The summed E-state index contributed by atoms with van der Waals surface area (Å²) in [6, 6.07) is 9.53. The molecule has 2 aromatic carbocycles. The lowest BCUT2D eigenvalue weighted by molar-refractivity contribution is -0.110. The number of rotatable bonds is 7. The molecular weight excluding hydrogens is 623 g/mol. The Bertz CT molecular complexity index is 1760. The minimum Gasteiger partial charge on any atom is -0.379 e. The van der Waals surface area contributed by atoms with Crippen LogP contribution in [0, 0.1) is 13.8 Å². The number of hydrogen-bond acceptors (Lipinski definition) is 6. The lowest BCUT2D eigenvalue weighted by atomic mass is 10.0. The molecule has 2 fully saturated rings. The van der Waals surface area contributed by atoms with Crippen LogP contribution in [-0.2, 0) is 25.1 Å². The van der Waals surface area contributed by atoms with E-state index in [4.69, 9.17) is 27.9 Å². The van der Waals surface area contributed by atoms with Crippen LogP contribution in [0.3, 0.4) is 0 Å². The number of nitrogens with one attached hydrogen (secondary N) is 2. The zero-order valence-electron chi connectivity index (χ0n) is 24.6. The van der Waals surface area contributed by atoms with Crippen LogP contribution >= 0.6 is 23.2 Å². The van der Waals surface area contributed by atoms with E-state index in [2.05, 4.69) is 15.2 Å². The third-order valence-corrected chi connectivity index (χ3v) is 11.1. The molecule has 3 aliphatic rings. The monoisotopic (exact) mass is 656 g/mol. The van der Waals surface area contributed by atoms with Gasteiger partial charge in [-0.25, -0.2) is 8.42 Å². The molecule has 2 N–H and O–H groups in total. The van der Waals surface area contributed by atoms with Gasteiger partial charge in [0.1, 0.15) is 0 Å². The van der Waals surface area contributed by atoms with Crippen molar-refractivity contribution in [2.24, 2.45) is 0 Å². The number of nitrogens with zero attached hydrogens (tertiary/aromatic N) is 2. The SMILES string of the molecule is Cc1[nH]c(/C=C2\C(=O)Nc3ccc(S(=O)(=O)Cc4c(Cl)cccc4Cl)cc32)c(C)c1C(=O)N1CCC[C@H]1CN1CCOCC1. The second-order valence-corrected chi connectivity index (χ2v) is 14.4. The predicted octanol–water partition coefficient (Wildman–Crippen LogP) is 5.34. The van der Waals surface area contributed by atoms with Crippen LogP contribution in [-0.4, -0.2) is 80.5 Å². The molecule has 232 valence electrons. The Hall–Kier alpha value is -3.15. The molecule has 1 aromatic heterocycles. The maximum Gasteiger partial charge on any atom is 0.256 e. The maximum absolute atomic E-state index is 13.9. The molecule has 44 heavy (non-hydrogen) atoms. The van der Waals surface area contributed by atoms with Crippen LogP contribution < -0.4 is 5.32 Å². The number of aromatic amines is 1. The zero-order chi connectivity index (χ0) is 31.2. The van der Waals surface area contributed by atoms with E-state index in [9.17, 15) is 18.0 Å². The van der Waals surface area contributed by atoms with Gasteiger partial charge in [0.15, 0.2) is 9.84 Å². The molecule has 2 amide bonds. The number of morpholine rings is 1. The summed E-state index contributed by atoms with van der Waals surface area (Å²) in [5.41, 5.74) is 4.31. The Kier molecular flexibility index (Phi) is 8.65. The summed E-state index contributed by atoms with van der Waals surface area (Å²) in [5, 5.41) is 3.36. The first-order chi connectivity index (χ1) is 21.0. The second-order valence-electron chi connectivity index (χ2n) is 11.6. The highest BCUT2D eigenvalue weighted by molar-refractivity contribution is 7.90. The van der Waals surface area contributed by atoms with Gasteiger partial charge in [0.05, 0.1) is 35.0 Å². The molecule has 4 heterocycles. The molecule has 0 unspecified atom stereocenters. The van der Waals surface area contributed by atoms with Crippen LogP contribution in [0.4, 0.5) is 5.69 Å². The average molecular weight is 658 g/mol. The molecule has 9 nitrogen and oxygen atoms in total. The minimum atomic E-state index is -3.84. The Labute approximate surface area is 267 Å². The smallest absolute Gasteiger partial charge is 0.256 e. The fraction of sp³-hybridized carbons (Fsp3) is 0.375. The average Bonchev–Trinajstić information content (AvgIpc) is 3.66. The highest BCUT2D eigenvalue weighted by atomic mass is 35.5. The Morgan fingerprint density at radius 3 is 2.55 bits per heavy atom. The molecule has 0 radical (unpaired) electrons. The van der Waals surface area contributed by atoms with Gasteiger partial charge in [-0.1, -0.05) is 29.3 Å². The lowest BCUT2D eigenvalue weighted by Gasteiger charge is -2.33. The largest absolute Gasteiger partial charge is 0.379 e. The van der Waals surface area contributed by atoms with Gasteiger partial charge < -0.3 is 19.9 Å². The lowest BCUT2D eigenvalue weighted by Crippen LogP contribution is -2.46. The molecule has 1 atom stereocenters. The highest BCUT2D eigenvalue weighted by Gasteiger charge is 2.34. The van der Waals surface area contributed by atoms with E-state index >= 15 is 0 Å². The van der Waals surface area contributed by atoms with Gasteiger partial charge in [0, 0.05) is 70.5 Å². The first-order valence-corrected chi connectivity index (χ1v) is 17.1. The van der Waals surface area contributed by atoms with Crippen molar-refractivity contribution >= 4 is 62.2 Å². The number of ether oxygens (including phenoxy) is 1. The van der Waals surface area contributed by atoms with Crippen molar-refractivity contribution in [2.45, 2.75) is 43.4 Å². The number of carbonyl (C=O) groups excluding carboxylic acids is 2. The van der Waals surface area contributed by atoms with Crippen LogP contribution in [0.25, 0.3) is 11.6 Å². The molecule has 3 aromatic rings. The first kappa shape index (κ1) is 30.9. The molecule has 12 heteroatoms. The molecule has 0 bridgehead atoms. The molecule has 3 aliphatic heterocycles. The van der Waals surface area contributed by atoms with E-state index in [1.807, 2.05) is 18.7 Å². The quantitative estimate of drug-likeness (QED) is 0.332. The van der Waals surface area contributed by atoms with E-state index in [0.717, 1.165) is 43.7 Å². The van der Waals surface area contributed by atoms with Crippen molar-refractivity contribution in [1.82, 2.24) is 14.8 Å². The van der Waals surface area contributed by atoms with Gasteiger partial charge >= 0.3 is 0 Å². The van der Waals surface area contributed by atoms with Crippen LogP contribution in [0.15, 0.2) is 41.3 Å². The highest BCUT2D eigenvalue weighted by Crippen LogP contribution is 2.37. The van der Waals surface area contributed by atoms with Crippen molar-refractivity contribution in [3.63, 3.8) is 0 Å². The zero-order valence-corrected chi connectivity index (χ0v) is 26.9. The fourth-order valence-corrected chi connectivity index (χ4v) is 8.47. The van der Waals surface area contributed by atoms with Gasteiger partial charge in [-0.2, -0.15) is 0 Å².